The molecule has 4 atom stereocenters. The highest BCUT2D eigenvalue weighted by molar-refractivity contribution is 9.09. The third-order valence-corrected chi connectivity index (χ3v) is 3.35. The minimum atomic E-state index is -1.33. The summed E-state index contributed by atoms with van der Waals surface area (Å²) in [7, 11) is 0. The number of hydrogen-bond acceptors (Lipinski definition) is 5. The topological polar surface area (TPSA) is 76.0 Å². The highest BCUT2D eigenvalue weighted by Gasteiger charge is 2.45. The van der Waals surface area contributed by atoms with Gasteiger partial charge in [0.15, 0.2) is 12.4 Å². The first-order valence-corrected chi connectivity index (χ1v) is 6.59. The molecule has 1 aromatic carbocycles. The van der Waals surface area contributed by atoms with Crippen LogP contribution in [0.3, 0.4) is 0 Å². The van der Waals surface area contributed by atoms with Gasteiger partial charge in [-0.05, 0) is 12.1 Å². The molecular weight excluding hydrogens is 304 g/mol. The average Bonchev–Trinajstić information content (AvgIpc) is 2.67. The largest absolute Gasteiger partial charge is 0.453 e. The van der Waals surface area contributed by atoms with Crippen molar-refractivity contribution in [2.24, 2.45) is 0 Å². The van der Waals surface area contributed by atoms with Gasteiger partial charge in [-0.2, -0.15) is 0 Å². The monoisotopic (exact) mass is 316 g/mol. The molecule has 18 heavy (non-hydrogen) atoms. The Balaban J connectivity index is 2.06. The number of rotatable bonds is 3. The maximum atomic E-state index is 11.8. The minimum absolute atomic E-state index is 0.355. The van der Waals surface area contributed by atoms with Crippen LogP contribution < -0.4 is 0 Å². The van der Waals surface area contributed by atoms with Crippen LogP contribution in [0.1, 0.15) is 10.4 Å². The fraction of sp³-hybridized carbons (Fsp3) is 0.417. The molecule has 0 amide bonds. The summed E-state index contributed by atoms with van der Waals surface area (Å²) >= 11 is 3.18. The molecule has 2 N–H and O–H groups in total. The molecule has 1 fully saturated rings. The fourth-order valence-electron chi connectivity index (χ4n) is 1.75. The van der Waals surface area contributed by atoms with E-state index in [1.54, 1.807) is 30.3 Å². The van der Waals surface area contributed by atoms with E-state index in [0.29, 0.717) is 10.9 Å². The predicted molar refractivity (Wildman–Crippen MR) is 66.3 cm³/mol. The molecule has 1 aliphatic rings. The van der Waals surface area contributed by atoms with Crippen molar-refractivity contribution in [3.05, 3.63) is 35.9 Å². The quantitative estimate of drug-likeness (QED) is 0.633. The van der Waals surface area contributed by atoms with Gasteiger partial charge in [-0.3, -0.25) is 0 Å². The molecule has 0 spiro atoms. The van der Waals surface area contributed by atoms with Gasteiger partial charge in [-0.15, -0.1) is 0 Å². The van der Waals surface area contributed by atoms with Gasteiger partial charge in [0.05, 0.1) is 5.56 Å². The molecule has 2 rings (SSSR count). The van der Waals surface area contributed by atoms with Crippen molar-refractivity contribution in [2.75, 3.05) is 5.33 Å². The van der Waals surface area contributed by atoms with E-state index in [2.05, 4.69) is 15.9 Å². The number of alkyl halides is 1. The SMILES string of the molecule is O=C(O[C@@H]1[C@@H](O)[C@@H](O)O[C@@H]1CBr)c1ccccc1. The second-order valence-corrected chi connectivity index (χ2v) is 4.59. The number of hydrogen-bond donors (Lipinski definition) is 2. The number of carbonyl (C=O) groups excluding carboxylic acids is 1. The van der Waals surface area contributed by atoms with Crippen molar-refractivity contribution in [1.82, 2.24) is 0 Å². The smallest absolute Gasteiger partial charge is 0.338 e. The average molecular weight is 317 g/mol. The summed E-state index contributed by atoms with van der Waals surface area (Å²) in [5.41, 5.74) is 0.388. The number of carbonyl (C=O) groups is 1. The molecule has 1 aromatic rings. The van der Waals surface area contributed by atoms with Gasteiger partial charge in [0, 0.05) is 5.33 Å². The molecule has 5 nitrogen and oxygen atoms in total. The van der Waals surface area contributed by atoms with Crippen molar-refractivity contribution >= 4 is 21.9 Å². The number of benzene rings is 1. The summed E-state index contributed by atoms with van der Waals surface area (Å²) in [6.45, 7) is 0. The van der Waals surface area contributed by atoms with Gasteiger partial charge < -0.3 is 19.7 Å². The van der Waals surface area contributed by atoms with E-state index in [9.17, 15) is 15.0 Å². The molecule has 6 heteroatoms. The summed E-state index contributed by atoms with van der Waals surface area (Å²) in [5, 5.41) is 19.4. The van der Waals surface area contributed by atoms with E-state index < -0.39 is 30.6 Å². The van der Waals surface area contributed by atoms with Crippen molar-refractivity contribution in [2.45, 2.75) is 24.6 Å². The lowest BCUT2D eigenvalue weighted by atomic mass is 10.1. The van der Waals surface area contributed by atoms with Crippen LogP contribution in [0.5, 0.6) is 0 Å². The van der Waals surface area contributed by atoms with Crippen LogP contribution in [0.4, 0.5) is 0 Å². The molecule has 0 aliphatic carbocycles. The highest BCUT2D eigenvalue weighted by Crippen LogP contribution is 2.24. The van der Waals surface area contributed by atoms with Gasteiger partial charge >= 0.3 is 5.97 Å². The Morgan fingerprint density at radius 3 is 2.61 bits per heavy atom. The number of halogens is 1. The zero-order valence-corrected chi connectivity index (χ0v) is 11.0. The number of aliphatic hydroxyl groups is 2. The van der Waals surface area contributed by atoms with Crippen LogP contribution in [0.2, 0.25) is 0 Å². The zero-order chi connectivity index (χ0) is 13.1. The second-order valence-electron chi connectivity index (χ2n) is 3.95. The van der Waals surface area contributed by atoms with Gasteiger partial charge in [0.2, 0.25) is 0 Å². The molecule has 1 saturated heterocycles. The van der Waals surface area contributed by atoms with E-state index in [1.807, 2.05) is 0 Å². The third-order valence-electron chi connectivity index (χ3n) is 2.71. The second kappa shape index (κ2) is 5.79. The number of aliphatic hydroxyl groups excluding tert-OH is 2. The van der Waals surface area contributed by atoms with Crippen molar-refractivity contribution in [3.8, 4) is 0 Å². The first-order chi connectivity index (χ1) is 8.63. The Bertz CT molecular complexity index is 410. The maximum absolute atomic E-state index is 11.8. The molecular formula is C12H13BrO5. The zero-order valence-electron chi connectivity index (χ0n) is 9.40. The first kappa shape index (κ1) is 13.5. The summed E-state index contributed by atoms with van der Waals surface area (Å²) in [6.07, 6.45) is -4.02. The molecule has 0 unspecified atom stereocenters. The minimum Gasteiger partial charge on any atom is -0.453 e. The van der Waals surface area contributed by atoms with Gasteiger partial charge in [-0.25, -0.2) is 4.79 Å². The van der Waals surface area contributed by atoms with E-state index >= 15 is 0 Å². The standard InChI is InChI=1S/C12H13BrO5/c13-6-8-10(9(14)12(16)17-8)18-11(15)7-4-2-1-3-5-7/h1-5,8-10,12,14,16H,6H2/t8-,9-,10+,12+/m1/s1. The lowest BCUT2D eigenvalue weighted by Gasteiger charge is -2.18. The van der Waals surface area contributed by atoms with E-state index in [-0.39, 0.29) is 0 Å². The first-order valence-electron chi connectivity index (χ1n) is 5.47. The summed E-state index contributed by atoms with van der Waals surface area (Å²) < 4.78 is 10.2. The molecule has 1 heterocycles. The summed E-state index contributed by atoms with van der Waals surface area (Å²) in [6, 6.07) is 8.45. The van der Waals surface area contributed by atoms with Gasteiger partial charge in [0.1, 0.15) is 12.2 Å². The Hall–Kier alpha value is -0.950. The van der Waals surface area contributed by atoms with Crippen molar-refractivity contribution < 1.29 is 24.5 Å². The normalized spacial score (nSPS) is 31.3. The molecule has 98 valence electrons. The number of esters is 1. The van der Waals surface area contributed by atoms with E-state index in [4.69, 9.17) is 9.47 Å². The molecule has 0 aromatic heterocycles. The highest BCUT2D eigenvalue weighted by atomic mass is 79.9. The summed E-state index contributed by atoms with van der Waals surface area (Å²) in [5.74, 6) is -0.552. The van der Waals surface area contributed by atoms with Crippen molar-refractivity contribution in [3.63, 3.8) is 0 Å². The maximum Gasteiger partial charge on any atom is 0.338 e. The molecule has 0 radical (unpaired) electrons. The molecule has 0 bridgehead atoms. The van der Waals surface area contributed by atoms with Crippen LogP contribution in [0, 0.1) is 0 Å². The Kier molecular flexibility index (Phi) is 4.34. The van der Waals surface area contributed by atoms with Crippen LogP contribution in [-0.4, -0.2) is 46.1 Å². The van der Waals surface area contributed by atoms with E-state index in [1.165, 1.54) is 0 Å². The van der Waals surface area contributed by atoms with Crippen molar-refractivity contribution in [1.29, 1.82) is 0 Å². The lowest BCUT2D eigenvalue weighted by molar-refractivity contribution is -0.123. The third kappa shape index (κ3) is 2.72. The Labute approximate surface area is 112 Å². The van der Waals surface area contributed by atoms with Crippen LogP contribution in [-0.2, 0) is 9.47 Å². The van der Waals surface area contributed by atoms with Crippen LogP contribution >= 0.6 is 15.9 Å². The van der Waals surface area contributed by atoms with Crippen LogP contribution in [0.15, 0.2) is 30.3 Å². The fourth-order valence-corrected chi connectivity index (χ4v) is 2.28. The van der Waals surface area contributed by atoms with Crippen LogP contribution in [0.25, 0.3) is 0 Å². The van der Waals surface area contributed by atoms with E-state index in [0.717, 1.165) is 0 Å². The summed E-state index contributed by atoms with van der Waals surface area (Å²) in [4.78, 5) is 11.8. The Morgan fingerprint density at radius 2 is 2.00 bits per heavy atom. The van der Waals surface area contributed by atoms with Gasteiger partial charge in [-0.1, -0.05) is 34.1 Å². The predicted octanol–water partition coefficient (Wildman–Crippen LogP) is 0.685. The lowest BCUT2D eigenvalue weighted by Crippen LogP contribution is -2.37. The van der Waals surface area contributed by atoms with Gasteiger partial charge in [0.25, 0.3) is 0 Å². The Morgan fingerprint density at radius 1 is 1.33 bits per heavy atom. The molecule has 0 saturated carbocycles. The number of ether oxygens (including phenoxy) is 2. The molecule has 1 aliphatic heterocycles.